The van der Waals surface area contributed by atoms with Crippen molar-refractivity contribution in [1.82, 2.24) is 10.8 Å². The first-order valence-corrected chi connectivity index (χ1v) is 12.6. The van der Waals surface area contributed by atoms with E-state index < -0.39 is 17.9 Å². The van der Waals surface area contributed by atoms with Gasteiger partial charge in [0.2, 0.25) is 5.91 Å². The third-order valence-electron chi connectivity index (χ3n) is 5.57. The first kappa shape index (κ1) is 29.4. The molecule has 9 heteroatoms. The van der Waals surface area contributed by atoms with Gasteiger partial charge >= 0.3 is 12.1 Å². The van der Waals surface area contributed by atoms with Crippen LogP contribution in [0.15, 0.2) is 60.7 Å². The second-order valence-corrected chi connectivity index (χ2v) is 9.02. The molecule has 0 aliphatic heterocycles. The Bertz CT molecular complexity index is 984. The molecule has 2 aromatic carbocycles. The largest absolute Gasteiger partial charge is 0.461 e. The Morgan fingerprint density at radius 3 is 2.03 bits per heavy atom. The molecule has 9 nitrogen and oxygen atoms in total. The van der Waals surface area contributed by atoms with Crippen molar-refractivity contribution in [3.05, 3.63) is 66.2 Å². The fraction of sp³-hybridized carbons (Fsp3) is 0.429. The Labute approximate surface area is 218 Å². The number of rotatable bonds is 14. The zero-order chi connectivity index (χ0) is 26.9. The van der Waals surface area contributed by atoms with Crippen molar-refractivity contribution in [1.29, 1.82) is 0 Å². The van der Waals surface area contributed by atoms with Gasteiger partial charge in [0.05, 0.1) is 5.92 Å². The molecular formula is C28H37N3O6. The topological polar surface area (TPSA) is 123 Å². The summed E-state index contributed by atoms with van der Waals surface area (Å²) in [4.78, 5) is 52.7. The Kier molecular flexibility index (Phi) is 13.3. The summed E-state index contributed by atoms with van der Waals surface area (Å²) in [6.45, 7) is 3.67. The van der Waals surface area contributed by atoms with Crippen molar-refractivity contribution in [2.75, 3.05) is 5.32 Å². The SMILES string of the molecule is CC(CC(C)C(=O)OCc1ccccc1)NC(=O)ONC(=O)CCCCCCC(=O)Nc1ccccc1. The number of hydrogen-bond acceptors (Lipinski definition) is 6. The Morgan fingerprint density at radius 1 is 0.784 bits per heavy atom. The molecule has 0 fully saturated rings. The van der Waals surface area contributed by atoms with E-state index in [1.54, 1.807) is 13.8 Å². The van der Waals surface area contributed by atoms with Crippen LogP contribution in [-0.2, 0) is 30.6 Å². The smallest absolute Gasteiger partial charge is 0.431 e. The van der Waals surface area contributed by atoms with E-state index in [4.69, 9.17) is 9.57 Å². The van der Waals surface area contributed by atoms with Crippen LogP contribution in [0.25, 0.3) is 0 Å². The lowest BCUT2D eigenvalue weighted by atomic mass is 10.0. The number of benzene rings is 2. The second-order valence-electron chi connectivity index (χ2n) is 9.02. The van der Waals surface area contributed by atoms with E-state index in [0.717, 1.165) is 30.5 Å². The molecule has 3 N–H and O–H groups in total. The molecule has 3 amide bonds. The molecule has 2 rings (SSSR count). The second kappa shape index (κ2) is 16.7. The zero-order valence-corrected chi connectivity index (χ0v) is 21.5. The van der Waals surface area contributed by atoms with E-state index in [2.05, 4.69) is 16.1 Å². The minimum absolute atomic E-state index is 0.0314. The average Bonchev–Trinajstić information content (AvgIpc) is 2.89. The van der Waals surface area contributed by atoms with Gasteiger partial charge in [-0.25, -0.2) is 4.79 Å². The molecule has 2 aromatic rings. The van der Waals surface area contributed by atoms with Gasteiger partial charge in [-0.1, -0.05) is 68.3 Å². The molecular weight excluding hydrogens is 474 g/mol. The molecule has 0 heterocycles. The van der Waals surface area contributed by atoms with Crippen LogP contribution in [0.3, 0.4) is 0 Å². The van der Waals surface area contributed by atoms with E-state index in [9.17, 15) is 19.2 Å². The van der Waals surface area contributed by atoms with Crippen molar-refractivity contribution in [3.63, 3.8) is 0 Å². The summed E-state index contributed by atoms with van der Waals surface area (Å²) in [5, 5.41) is 5.42. The number of unbranched alkanes of at least 4 members (excludes halogenated alkanes) is 3. The Morgan fingerprint density at radius 2 is 1.38 bits per heavy atom. The van der Waals surface area contributed by atoms with Gasteiger partial charge in [-0.05, 0) is 43.9 Å². The van der Waals surface area contributed by atoms with Gasteiger partial charge in [-0.3, -0.25) is 14.4 Å². The van der Waals surface area contributed by atoms with E-state index in [0.29, 0.717) is 19.3 Å². The molecule has 37 heavy (non-hydrogen) atoms. The predicted octanol–water partition coefficient (Wildman–Crippen LogP) is 4.88. The molecule has 0 radical (unpaired) electrons. The number of esters is 1. The summed E-state index contributed by atoms with van der Waals surface area (Å²) in [5.41, 5.74) is 3.81. The van der Waals surface area contributed by atoms with Crippen LogP contribution in [0, 0.1) is 5.92 Å². The molecule has 0 aromatic heterocycles. The number of hydroxylamine groups is 1. The minimum atomic E-state index is -0.796. The zero-order valence-electron chi connectivity index (χ0n) is 21.5. The summed E-state index contributed by atoms with van der Waals surface area (Å²) in [5.74, 6) is -1.20. The molecule has 2 atom stereocenters. The molecule has 0 aliphatic rings. The molecule has 0 bridgehead atoms. The Hall–Kier alpha value is -3.88. The highest BCUT2D eigenvalue weighted by atomic mass is 16.7. The quantitative estimate of drug-likeness (QED) is 0.189. The van der Waals surface area contributed by atoms with Crippen molar-refractivity contribution in [2.45, 2.75) is 71.4 Å². The molecule has 200 valence electrons. The average molecular weight is 512 g/mol. The summed E-state index contributed by atoms with van der Waals surface area (Å²) >= 11 is 0. The summed E-state index contributed by atoms with van der Waals surface area (Å²) in [7, 11) is 0. The van der Waals surface area contributed by atoms with Gasteiger partial charge in [0.25, 0.3) is 5.91 Å². The highest BCUT2D eigenvalue weighted by molar-refractivity contribution is 5.90. The molecule has 0 saturated carbocycles. The van der Waals surface area contributed by atoms with Crippen molar-refractivity contribution >= 4 is 29.6 Å². The number of hydrogen-bond donors (Lipinski definition) is 3. The monoisotopic (exact) mass is 511 g/mol. The maximum Gasteiger partial charge on any atom is 0.431 e. The lowest BCUT2D eigenvalue weighted by Gasteiger charge is -2.17. The van der Waals surface area contributed by atoms with Crippen LogP contribution in [0.5, 0.6) is 0 Å². The summed E-state index contributed by atoms with van der Waals surface area (Å²) in [6.07, 6.45) is 3.16. The summed E-state index contributed by atoms with van der Waals surface area (Å²) in [6, 6.07) is 18.3. The lowest BCUT2D eigenvalue weighted by molar-refractivity contribution is -0.149. The van der Waals surface area contributed by atoms with Crippen molar-refractivity contribution < 1.29 is 28.8 Å². The van der Waals surface area contributed by atoms with E-state index in [1.807, 2.05) is 60.7 Å². The van der Waals surface area contributed by atoms with Crippen LogP contribution >= 0.6 is 0 Å². The van der Waals surface area contributed by atoms with Crippen molar-refractivity contribution in [2.24, 2.45) is 5.92 Å². The number of para-hydroxylation sites is 1. The molecule has 0 saturated heterocycles. The highest BCUT2D eigenvalue weighted by Gasteiger charge is 2.20. The number of anilines is 1. The number of carbonyl (C=O) groups excluding carboxylic acids is 4. The molecule has 0 aliphatic carbocycles. The van der Waals surface area contributed by atoms with Crippen LogP contribution < -0.4 is 16.1 Å². The van der Waals surface area contributed by atoms with E-state index in [1.165, 1.54) is 0 Å². The normalized spacial score (nSPS) is 12.1. The van der Waals surface area contributed by atoms with Crippen LogP contribution in [0.1, 0.15) is 64.4 Å². The summed E-state index contributed by atoms with van der Waals surface area (Å²) < 4.78 is 5.31. The van der Waals surface area contributed by atoms with Gasteiger partial charge in [-0.15, -0.1) is 0 Å². The van der Waals surface area contributed by atoms with Gasteiger partial charge in [0.15, 0.2) is 0 Å². The van der Waals surface area contributed by atoms with Gasteiger partial charge in [0, 0.05) is 24.6 Å². The highest BCUT2D eigenvalue weighted by Crippen LogP contribution is 2.11. The number of amides is 3. The number of ether oxygens (including phenoxy) is 1. The molecule has 0 spiro atoms. The lowest BCUT2D eigenvalue weighted by Crippen LogP contribution is -2.39. The van der Waals surface area contributed by atoms with Crippen molar-refractivity contribution in [3.8, 4) is 0 Å². The third-order valence-corrected chi connectivity index (χ3v) is 5.57. The maximum absolute atomic E-state index is 12.2. The maximum atomic E-state index is 12.2. The van der Waals surface area contributed by atoms with Gasteiger partial charge < -0.3 is 20.2 Å². The fourth-order valence-electron chi connectivity index (χ4n) is 3.61. The standard InChI is InChI=1S/C28H37N3O6/c1-21(27(34)36-20-23-13-7-5-8-14-23)19-22(2)29-28(35)37-31-26(33)18-12-4-3-11-17-25(32)30-24-15-9-6-10-16-24/h5-10,13-16,21-22H,3-4,11-12,17-20H2,1-2H3,(H,29,35)(H,30,32)(H,31,33). The Balaban J connectivity index is 1.49. The number of nitrogens with one attached hydrogen (secondary N) is 3. The predicted molar refractivity (Wildman–Crippen MR) is 140 cm³/mol. The van der Waals surface area contributed by atoms with Crippen LogP contribution in [-0.4, -0.2) is 29.9 Å². The first-order valence-electron chi connectivity index (χ1n) is 12.6. The van der Waals surface area contributed by atoms with E-state index in [-0.39, 0.29) is 30.9 Å². The van der Waals surface area contributed by atoms with Crippen LogP contribution in [0.2, 0.25) is 0 Å². The first-order chi connectivity index (χ1) is 17.8. The van der Waals surface area contributed by atoms with Gasteiger partial charge in [-0.2, -0.15) is 5.48 Å². The fourth-order valence-corrected chi connectivity index (χ4v) is 3.61. The van der Waals surface area contributed by atoms with E-state index >= 15 is 0 Å². The minimum Gasteiger partial charge on any atom is -0.461 e. The van der Waals surface area contributed by atoms with Crippen LogP contribution in [0.4, 0.5) is 10.5 Å². The van der Waals surface area contributed by atoms with Gasteiger partial charge in [0.1, 0.15) is 6.61 Å². The number of carbonyl (C=O) groups is 4. The molecule has 2 unspecified atom stereocenters. The third kappa shape index (κ3) is 13.1.